The van der Waals surface area contributed by atoms with Crippen LogP contribution in [-0.4, -0.2) is 13.4 Å². The second kappa shape index (κ2) is 3.18. The van der Waals surface area contributed by atoms with Crippen molar-refractivity contribution < 1.29 is 12.8 Å². The van der Waals surface area contributed by atoms with Gasteiger partial charge in [-0.1, -0.05) is 6.07 Å². The molecule has 1 unspecified atom stereocenters. The molecule has 0 saturated carbocycles. The van der Waals surface area contributed by atoms with E-state index in [2.05, 4.69) is 11.2 Å². The van der Waals surface area contributed by atoms with Crippen molar-refractivity contribution in [3.63, 3.8) is 0 Å². The SMILES string of the molecule is [CH2]S(=O)(=O)C(F)c1ccccn1. The Morgan fingerprint density at radius 2 is 2.17 bits per heavy atom. The van der Waals surface area contributed by atoms with Crippen molar-refractivity contribution in [3.05, 3.63) is 36.3 Å². The Morgan fingerprint density at radius 1 is 1.50 bits per heavy atom. The summed E-state index contributed by atoms with van der Waals surface area (Å²) in [5.41, 5.74) is -2.26. The van der Waals surface area contributed by atoms with Crippen LogP contribution in [0.15, 0.2) is 24.4 Å². The van der Waals surface area contributed by atoms with Gasteiger partial charge in [0.05, 0.1) is 11.9 Å². The molecule has 0 N–H and O–H groups in total. The zero-order valence-corrected chi connectivity index (χ0v) is 6.96. The molecule has 1 aromatic heterocycles. The van der Waals surface area contributed by atoms with Crippen molar-refractivity contribution >= 4 is 9.84 Å². The zero-order valence-electron chi connectivity index (χ0n) is 6.14. The van der Waals surface area contributed by atoms with Crippen molar-refractivity contribution in [3.8, 4) is 0 Å². The van der Waals surface area contributed by atoms with Gasteiger partial charge in [-0.05, 0) is 12.1 Å². The normalized spacial score (nSPS) is 14.2. The molecule has 1 radical (unpaired) electrons. The number of nitrogens with zero attached hydrogens (tertiary/aromatic N) is 1. The fraction of sp³-hybridized carbons (Fsp3) is 0.143. The van der Waals surface area contributed by atoms with E-state index in [1.54, 1.807) is 6.07 Å². The van der Waals surface area contributed by atoms with Gasteiger partial charge in [0.2, 0.25) is 5.50 Å². The quantitative estimate of drug-likeness (QED) is 0.701. The molecule has 0 aliphatic rings. The van der Waals surface area contributed by atoms with Gasteiger partial charge in [0.15, 0.2) is 9.84 Å². The molecular formula is C7H7FNO2S. The van der Waals surface area contributed by atoms with Gasteiger partial charge in [-0.3, -0.25) is 4.98 Å². The molecule has 1 aromatic rings. The number of halogens is 1. The molecule has 0 aliphatic carbocycles. The largest absolute Gasteiger partial charge is 0.257 e. The van der Waals surface area contributed by atoms with E-state index in [1.807, 2.05) is 0 Å². The van der Waals surface area contributed by atoms with E-state index in [9.17, 15) is 12.8 Å². The lowest BCUT2D eigenvalue weighted by atomic mass is 10.4. The lowest BCUT2D eigenvalue weighted by Gasteiger charge is -2.03. The highest BCUT2D eigenvalue weighted by Crippen LogP contribution is 2.20. The predicted octanol–water partition coefficient (Wildman–Crippen LogP) is 1.26. The first kappa shape index (κ1) is 9.12. The van der Waals surface area contributed by atoms with Gasteiger partial charge in [0, 0.05) is 6.20 Å². The lowest BCUT2D eigenvalue weighted by Crippen LogP contribution is -2.05. The van der Waals surface area contributed by atoms with Gasteiger partial charge in [0.25, 0.3) is 0 Å². The second-order valence-electron chi connectivity index (χ2n) is 2.23. The average Bonchev–Trinajstić information content (AvgIpc) is 2.03. The van der Waals surface area contributed by atoms with Crippen LogP contribution in [0.25, 0.3) is 0 Å². The smallest absolute Gasteiger partial charge is 0.242 e. The molecule has 0 bridgehead atoms. The fourth-order valence-electron chi connectivity index (χ4n) is 0.694. The summed E-state index contributed by atoms with van der Waals surface area (Å²) in [5.74, 6) is 0. The van der Waals surface area contributed by atoms with Gasteiger partial charge >= 0.3 is 0 Å². The van der Waals surface area contributed by atoms with E-state index in [0.29, 0.717) is 0 Å². The van der Waals surface area contributed by atoms with E-state index >= 15 is 0 Å². The number of hydrogen-bond donors (Lipinski definition) is 0. The van der Waals surface area contributed by atoms with Crippen molar-refractivity contribution in [1.82, 2.24) is 4.98 Å². The number of hydrogen-bond acceptors (Lipinski definition) is 3. The first-order chi connectivity index (χ1) is 5.52. The summed E-state index contributed by atoms with van der Waals surface area (Å²) in [6.07, 6.45) is 4.03. The van der Waals surface area contributed by atoms with E-state index in [1.165, 1.54) is 18.3 Å². The topological polar surface area (TPSA) is 47.0 Å². The lowest BCUT2D eigenvalue weighted by molar-refractivity contribution is 0.427. The van der Waals surface area contributed by atoms with E-state index in [0.717, 1.165) is 0 Å². The van der Waals surface area contributed by atoms with Crippen LogP contribution in [0.4, 0.5) is 4.39 Å². The van der Waals surface area contributed by atoms with Crippen LogP contribution in [0.1, 0.15) is 11.2 Å². The Labute approximate surface area is 70.2 Å². The minimum atomic E-state index is -3.94. The molecule has 0 saturated heterocycles. The maximum Gasteiger partial charge on any atom is 0.242 e. The first-order valence-corrected chi connectivity index (χ1v) is 4.85. The third-order valence-corrected chi connectivity index (χ3v) is 2.11. The van der Waals surface area contributed by atoms with E-state index in [4.69, 9.17) is 0 Å². The predicted molar refractivity (Wildman–Crippen MR) is 42.4 cm³/mol. The Bertz CT molecular complexity index is 349. The molecule has 12 heavy (non-hydrogen) atoms. The summed E-state index contributed by atoms with van der Waals surface area (Å²) in [5, 5.41) is 0. The molecule has 1 atom stereocenters. The van der Waals surface area contributed by atoms with Gasteiger partial charge in [-0.15, -0.1) is 0 Å². The summed E-state index contributed by atoms with van der Waals surface area (Å²) in [6.45, 7) is 0. The highest BCUT2D eigenvalue weighted by Gasteiger charge is 2.22. The summed E-state index contributed by atoms with van der Waals surface area (Å²) >= 11 is 0. The highest BCUT2D eigenvalue weighted by molar-refractivity contribution is 7.92. The maximum absolute atomic E-state index is 12.9. The summed E-state index contributed by atoms with van der Waals surface area (Å²) < 4.78 is 34.1. The molecule has 0 amide bonds. The molecule has 0 aromatic carbocycles. The molecule has 0 aliphatic heterocycles. The van der Waals surface area contributed by atoms with Crippen LogP contribution in [-0.2, 0) is 9.84 Å². The fourth-order valence-corrected chi connectivity index (χ4v) is 1.20. The van der Waals surface area contributed by atoms with Crippen LogP contribution in [0.5, 0.6) is 0 Å². The summed E-state index contributed by atoms with van der Waals surface area (Å²) in [7, 11) is -3.94. The number of pyridine rings is 1. The molecular weight excluding hydrogens is 181 g/mol. The van der Waals surface area contributed by atoms with E-state index < -0.39 is 15.3 Å². The first-order valence-electron chi connectivity index (χ1n) is 3.14. The number of sulfone groups is 1. The Morgan fingerprint density at radius 3 is 2.58 bits per heavy atom. The number of rotatable bonds is 2. The molecule has 3 nitrogen and oxygen atoms in total. The number of aromatic nitrogens is 1. The van der Waals surface area contributed by atoms with Gasteiger partial charge in [-0.2, -0.15) is 0 Å². The Hall–Kier alpha value is -0.970. The average molecular weight is 188 g/mol. The highest BCUT2D eigenvalue weighted by atomic mass is 32.2. The van der Waals surface area contributed by atoms with Crippen LogP contribution >= 0.6 is 0 Å². The molecule has 1 heterocycles. The molecule has 0 fully saturated rings. The zero-order chi connectivity index (χ0) is 9.19. The van der Waals surface area contributed by atoms with E-state index in [-0.39, 0.29) is 5.69 Å². The molecule has 1 rings (SSSR count). The maximum atomic E-state index is 12.9. The second-order valence-corrected chi connectivity index (χ2v) is 3.97. The van der Waals surface area contributed by atoms with Crippen LogP contribution < -0.4 is 0 Å². The molecule has 5 heteroatoms. The standard InChI is InChI=1S/C7H7FNO2S/c1-12(10,11)7(8)6-4-2-3-5-9-6/h2-5,7H,1H2. The molecule has 65 valence electrons. The monoisotopic (exact) mass is 188 g/mol. The third kappa shape index (κ3) is 2.01. The van der Waals surface area contributed by atoms with Crippen LogP contribution in [0.2, 0.25) is 0 Å². The van der Waals surface area contributed by atoms with Crippen molar-refractivity contribution in [2.75, 3.05) is 0 Å². The third-order valence-electron chi connectivity index (χ3n) is 1.24. The van der Waals surface area contributed by atoms with Crippen molar-refractivity contribution in [2.24, 2.45) is 0 Å². The van der Waals surface area contributed by atoms with Gasteiger partial charge < -0.3 is 0 Å². The van der Waals surface area contributed by atoms with Gasteiger partial charge in [0.1, 0.15) is 0 Å². The van der Waals surface area contributed by atoms with Crippen LogP contribution in [0.3, 0.4) is 0 Å². The summed E-state index contributed by atoms with van der Waals surface area (Å²) in [6, 6.07) is 4.39. The minimum absolute atomic E-state index is 0.132. The Kier molecular flexibility index (Phi) is 2.42. The van der Waals surface area contributed by atoms with Gasteiger partial charge in [-0.25, -0.2) is 12.8 Å². The minimum Gasteiger partial charge on any atom is -0.257 e. The Balaban J connectivity index is 3.02. The summed E-state index contributed by atoms with van der Waals surface area (Å²) in [4.78, 5) is 3.55. The number of alkyl halides is 1. The molecule has 0 spiro atoms. The van der Waals surface area contributed by atoms with Crippen molar-refractivity contribution in [1.29, 1.82) is 0 Å². The van der Waals surface area contributed by atoms with Crippen LogP contribution in [0, 0.1) is 6.26 Å². The van der Waals surface area contributed by atoms with Crippen molar-refractivity contribution in [2.45, 2.75) is 5.50 Å².